The molecule has 0 fully saturated rings. The Balaban J connectivity index is 2.00. The molecule has 0 bridgehead atoms. The molecule has 0 saturated carbocycles. The number of aliphatic hydroxyl groups is 1. The van der Waals surface area contributed by atoms with Gasteiger partial charge in [0.05, 0.1) is 0 Å². The van der Waals surface area contributed by atoms with Gasteiger partial charge in [0, 0.05) is 30.3 Å². The van der Waals surface area contributed by atoms with Crippen molar-refractivity contribution in [1.82, 2.24) is 5.32 Å². The van der Waals surface area contributed by atoms with Crippen LogP contribution in [0.5, 0.6) is 0 Å². The number of hydrogen-bond donors (Lipinski definition) is 3. The zero-order valence-electron chi connectivity index (χ0n) is 12.7. The van der Waals surface area contributed by atoms with Crippen LogP contribution in [0.3, 0.4) is 0 Å². The van der Waals surface area contributed by atoms with Gasteiger partial charge in [-0.2, -0.15) is 0 Å². The van der Waals surface area contributed by atoms with E-state index in [1.165, 1.54) is 6.07 Å². The van der Waals surface area contributed by atoms with Crippen molar-refractivity contribution in [3.05, 3.63) is 40.8 Å². The van der Waals surface area contributed by atoms with Crippen molar-refractivity contribution in [3.8, 4) is 0 Å². The number of aliphatic hydroxyl groups excluding tert-OH is 1. The van der Waals surface area contributed by atoms with Crippen molar-refractivity contribution >= 4 is 22.7 Å². The van der Waals surface area contributed by atoms with E-state index in [0.717, 1.165) is 5.39 Å². The van der Waals surface area contributed by atoms with Gasteiger partial charge in [0.1, 0.15) is 5.58 Å². The fraction of sp³-hybridized carbons (Fsp3) is 0.375. The van der Waals surface area contributed by atoms with Crippen molar-refractivity contribution in [1.29, 1.82) is 0 Å². The van der Waals surface area contributed by atoms with E-state index in [1.54, 1.807) is 24.3 Å². The first-order valence-corrected chi connectivity index (χ1v) is 7.09. The summed E-state index contributed by atoms with van der Waals surface area (Å²) in [7, 11) is 0. The molecule has 0 radical (unpaired) electrons. The maximum Gasteiger partial charge on any atom is 0.336 e. The standard InChI is InChI=1S/C16H20N2O4/c1-16(2,7-8-19)10-17-15(21)18-12-4-5-13-11(9-12)3-6-14(20)22-13/h3-6,9,19H,7-8,10H2,1-2H3,(H2,17,18,21). The van der Waals surface area contributed by atoms with Gasteiger partial charge in [0.25, 0.3) is 0 Å². The summed E-state index contributed by atoms with van der Waals surface area (Å²) in [6.07, 6.45) is 0.613. The quantitative estimate of drug-likeness (QED) is 0.739. The first-order chi connectivity index (χ1) is 10.4. The third-order valence-corrected chi connectivity index (χ3v) is 3.39. The summed E-state index contributed by atoms with van der Waals surface area (Å²) in [5.74, 6) is 0. The minimum atomic E-state index is -0.405. The summed E-state index contributed by atoms with van der Waals surface area (Å²) in [5, 5.41) is 15.2. The molecule has 2 rings (SSSR count). The number of amides is 2. The molecule has 0 unspecified atom stereocenters. The van der Waals surface area contributed by atoms with Crippen molar-refractivity contribution in [2.24, 2.45) is 5.41 Å². The Bertz CT molecular complexity index is 721. The number of nitrogens with one attached hydrogen (secondary N) is 2. The molecule has 0 spiro atoms. The molecule has 0 aliphatic carbocycles. The zero-order valence-corrected chi connectivity index (χ0v) is 12.7. The fourth-order valence-corrected chi connectivity index (χ4v) is 2.04. The fourth-order valence-electron chi connectivity index (χ4n) is 2.04. The number of fused-ring (bicyclic) bond motifs is 1. The summed E-state index contributed by atoms with van der Waals surface area (Å²) < 4.78 is 5.03. The highest BCUT2D eigenvalue weighted by molar-refractivity contribution is 5.92. The van der Waals surface area contributed by atoms with Gasteiger partial charge in [-0.3, -0.25) is 0 Å². The highest BCUT2D eigenvalue weighted by Gasteiger charge is 2.18. The van der Waals surface area contributed by atoms with Crippen molar-refractivity contribution in [2.45, 2.75) is 20.3 Å². The Hall–Kier alpha value is -2.34. The average Bonchev–Trinajstić information content (AvgIpc) is 2.45. The molecular weight excluding hydrogens is 284 g/mol. The molecule has 1 heterocycles. The third kappa shape index (κ3) is 4.33. The average molecular weight is 304 g/mol. The van der Waals surface area contributed by atoms with Gasteiger partial charge in [-0.15, -0.1) is 0 Å². The highest BCUT2D eigenvalue weighted by Crippen LogP contribution is 2.19. The predicted octanol–water partition coefficient (Wildman–Crippen LogP) is 2.32. The number of urea groups is 1. The van der Waals surface area contributed by atoms with Gasteiger partial charge in [0.15, 0.2) is 0 Å². The maximum atomic E-state index is 11.9. The van der Waals surface area contributed by atoms with Crippen LogP contribution in [0.2, 0.25) is 0 Å². The molecule has 6 nitrogen and oxygen atoms in total. The summed E-state index contributed by atoms with van der Waals surface area (Å²) >= 11 is 0. The van der Waals surface area contributed by atoms with Crippen LogP contribution in [0.15, 0.2) is 39.5 Å². The SMILES string of the molecule is CC(C)(CCO)CNC(=O)Nc1ccc2oc(=O)ccc2c1. The Kier molecular flexibility index (Phi) is 4.82. The Morgan fingerprint density at radius 2 is 2.05 bits per heavy atom. The second kappa shape index (κ2) is 6.62. The number of benzene rings is 1. The monoisotopic (exact) mass is 304 g/mol. The lowest BCUT2D eigenvalue weighted by molar-refractivity contribution is 0.204. The molecule has 2 aromatic rings. The molecular formula is C16H20N2O4. The van der Waals surface area contributed by atoms with E-state index in [1.807, 2.05) is 13.8 Å². The normalized spacial score (nSPS) is 11.4. The number of carbonyl (C=O) groups is 1. The van der Waals surface area contributed by atoms with Crippen molar-refractivity contribution in [2.75, 3.05) is 18.5 Å². The van der Waals surface area contributed by atoms with Crippen LogP contribution in [0.1, 0.15) is 20.3 Å². The number of rotatable bonds is 5. The second-order valence-electron chi connectivity index (χ2n) is 5.95. The molecule has 0 atom stereocenters. The van der Waals surface area contributed by atoms with Crippen molar-refractivity contribution in [3.63, 3.8) is 0 Å². The maximum absolute atomic E-state index is 11.9. The number of carbonyl (C=O) groups excluding carboxylic acids is 1. The van der Waals surface area contributed by atoms with Gasteiger partial charge in [-0.05, 0) is 36.1 Å². The lowest BCUT2D eigenvalue weighted by Gasteiger charge is -2.23. The van der Waals surface area contributed by atoms with Gasteiger partial charge >= 0.3 is 11.7 Å². The smallest absolute Gasteiger partial charge is 0.336 e. The van der Waals surface area contributed by atoms with Gasteiger partial charge < -0.3 is 20.2 Å². The first kappa shape index (κ1) is 16.0. The van der Waals surface area contributed by atoms with Crippen LogP contribution in [0.25, 0.3) is 11.0 Å². The van der Waals surface area contributed by atoms with Crippen molar-refractivity contribution < 1.29 is 14.3 Å². The van der Waals surface area contributed by atoms with Crippen LogP contribution in [-0.2, 0) is 0 Å². The number of anilines is 1. The molecule has 6 heteroatoms. The molecule has 2 amide bonds. The summed E-state index contributed by atoms with van der Waals surface area (Å²) in [6, 6.07) is 7.71. The van der Waals surface area contributed by atoms with Gasteiger partial charge in [-0.25, -0.2) is 9.59 Å². The third-order valence-electron chi connectivity index (χ3n) is 3.39. The molecule has 0 aliphatic heterocycles. The van der Waals surface area contributed by atoms with Crippen LogP contribution in [0.4, 0.5) is 10.5 Å². The van der Waals surface area contributed by atoms with E-state index in [-0.39, 0.29) is 18.1 Å². The van der Waals surface area contributed by atoms with Crippen LogP contribution >= 0.6 is 0 Å². The van der Waals surface area contributed by atoms with E-state index < -0.39 is 5.63 Å². The molecule has 0 aliphatic rings. The lowest BCUT2D eigenvalue weighted by Crippen LogP contribution is -2.37. The highest BCUT2D eigenvalue weighted by atomic mass is 16.4. The minimum Gasteiger partial charge on any atom is -0.423 e. The van der Waals surface area contributed by atoms with Gasteiger partial charge in [0.2, 0.25) is 0 Å². The summed E-state index contributed by atoms with van der Waals surface area (Å²) in [6.45, 7) is 4.50. The molecule has 118 valence electrons. The van der Waals surface area contributed by atoms with Gasteiger partial charge in [-0.1, -0.05) is 13.8 Å². The van der Waals surface area contributed by atoms with Crippen LogP contribution in [0, 0.1) is 5.41 Å². The van der Waals surface area contributed by atoms with E-state index in [9.17, 15) is 9.59 Å². The number of hydrogen-bond acceptors (Lipinski definition) is 4. The second-order valence-corrected chi connectivity index (χ2v) is 5.95. The molecule has 22 heavy (non-hydrogen) atoms. The minimum absolute atomic E-state index is 0.0895. The zero-order chi connectivity index (χ0) is 16.2. The summed E-state index contributed by atoms with van der Waals surface area (Å²) in [5.41, 5.74) is 0.511. The molecule has 1 aromatic heterocycles. The van der Waals surface area contributed by atoms with E-state index in [4.69, 9.17) is 9.52 Å². The molecule has 0 saturated heterocycles. The molecule has 3 N–H and O–H groups in total. The molecule has 1 aromatic carbocycles. The van der Waals surface area contributed by atoms with E-state index >= 15 is 0 Å². The largest absolute Gasteiger partial charge is 0.423 e. The lowest BCUT2D eigenvalue weighted by atomic mass is 9.90. The predicted molar refractivity (Wildman–Crippen MR) is 85.0 cm³/mol. The Morgan fingerprint density at radius 1 is 1.27 bits per heavy atom. The first-order valence-electron chi connectivity index (χ1n) is 7.09. The van der Waals surface area contributed by atoms with E-state index in [2.05, 4.69) is 10.6 Å². The van der Waals surface area contributed by atoms with E-state index in [0.29, 0.717) is 24.2 Å². The Labute approximate surface area is 128 Å². The topological polar surface area (TPSA) is 91.6 Å². The van der Waals surface area contributed by atoms with Crippen LogP contribution in [-0.4, -0.2) is 24.3 Å². The summed E-state index contributed by atoms with van der Waals surface area (Å²) in [4.78, 5) is 23.0. The Morgan fingerprint density at radius 3 is 2.77 bits per heavy atom. The van der Waals surface area contributed by atoms with Crippen LogP contribution < -0.4 is 16.3 Å².